The number of benzene rings is 2. The van der Waals surface area contributed by atoms with Gasteiger partial charge in [-0.1, -0.05) is 30.3 Å². The van der Waals surface area contributed by atoms with E-state index in [1.807, 2.05) is 44.2 Å². The predicted molar refractivity (Wildman–Crippen MR) is 119 cm³/mol. The number of rotatable bonds is 11. The Labute approximate surface area is 178 Å². The van der Waals surface area contributed by atoms with E-state index in [0.29, 0.717) is 31.0 Å². The third-order valence-electron chi connectivity index (χ3n) is 4.36. The third-order valence-corrected chi connectivity index (χ3v) is 4.36. The van der Waals surface area contributed by atoms with E-state index in [9.17, 15) is 9.59 Å². The van der Waals surface area contributed by atoms with Gasteiger partial charge >= 0.3 is 6.03 Å². The molecule has 1 atom stereocenters. The molecule has 0 spiro atoms. The molecule has 0 aliphatic carbocycles. The summed E-state index contributed by atoms with van der Waals surface area (Å²) in [5.74, 6) is 0.516. The Morgan fingerprint density at radius 2 is 1.67 bits per heavy atom. The Morgan fingerprint density at radius 3 is 2.30 bits per heavy atom. The van der Waals surface area contributed by atoms with Crippen LogP contribution in [-0.2, 0) is 11.4 Å². The number of ether oxygens (including phenoxy) is 1. The van der Waals surface area contributed by atoms with Crippen LogP contribution in [0.4, 0.5) is 10.5 Å². The van der Waals surface area contributed by atoms with Gasteiger partial charge in [0, 0.05) is 11.7 Å². The van der Waals surface area contributed by atoms with Gasteiger partial charge in [-0.3, -0.25) is 4.79 Å². The van der Waals surface area contributed by atoms with E-state index in [4.69, 9.17) is 10.5 Å². The van der Waals surface area contributed by atoms with Gasteiger partial charge in [0.1, 0.15) is 18.4 Å². The number of anilines is 1. The summed E-state index contributed by atoms with van der Waals surface area (Å²) >= 11 is 0. The molecule has 0 fully saturated rings. The normalized spacial score (nSPS) is 11.6. The van der Waals surface area contributed by atoms with Crippen molar-refractivity contribution in [3.63, 3.8) is 0 Å². The van der Waals surface area contributed by atoms with E-state index in [0.717, 1.165) is 18.4 Å². The molecule has 0 saturated carbocycles. The van der Waals surface area contributed by atoms with Crippen molar-refractivity contribution in [2.24, 2.45) is 5.73 Å². The van der Waals surface area contributed by atoms with E-state index >= 15 is 0 Å². The summed E-state index contributed by atoms with van der Waals surface area (Å²) in [5, 5.41) is 8.36. The van der Waals surface area contributed by atoms with Crippen molar-refractivity contribution < 1.29 is 14.3 Å². The van der Waals surface area contributed by atoms with Gasteiger partial charge in [-0.05, 0) is 69.5 Å². The Morgan fingerprint density at radius 1 is 0.967 bits per heavy atom. The van der Waals surface area contributed by atoms with E-state index < -0.39 is 12.1 Å². The highest BCUT2D eigenvalue weighted by Gasteiger charge is 2.20. The standard InChI is InChI=1S/C23H32N4O3/c1-17(2)25-22(28)21(10-6-7-15-24)27-23(29)26-19-11-13-20(14-12-19)30-16-18-8-4-3-5-9-18/h3-5,8-9,11-14,17,21H,6-7,10,15-16,24H2,1-2H3,(H,25,28)(H2,26,27,29)/t21-/m0/s1. The molecule has 2 aromatic rings. The minimum atomic E-state index is -0.604. The maximum atomic E-state index is 12.4. The number of amides is 3. The maximum Gasteiger partial charge on any atom is 0.319 e. The second kappa shape index (κ2) is 12.5. The zero-order chi connectivity index (χ0) is 21.8. The van der Waals surface area contributed by atoms with Crippen LogP contribution in [0, 0.1) is 0 Å². The molecule has 0 bridgehead atoms. The van der Waals surface area contributed by atoms with Gasteiger partial charge in [0.15, 0.2) is 0 Å². The minimum Gasteiger partial charge on any atom is -0.489 e. The SMILES string of the molecule is CC(C)NC(=O)[C@H](CCCCN)NC(=O)Nc1ccc(OCc2ccccc2)cc1. The van der Waals surface area contributed by atoms with Crippen molar-refractivity contribution in [1.82, 2.24) is 10.6 Å². The van der Waals surface area contributed by atoms with Gasteiger partial charge < -0.3 is 26.4 Å². The van der Waals surface area contributed by atoms with Crippen LogP contribution in [0.3, 0.4) is 0 Å². The van der Waals surface area contributed by atoms with Crippen molar-refractivity contribution in [3.05, 3.63) is 60.2 Å². The number of carbonyl (C=O) groups excluding carboxylic acids is 2. The summed E-state index contributed by atoms with van der Waals surface area (Å²) in [6.45, 7) is 4.81. The summed E-state index contributed by atoms with van der Waals surface area (Å²) in [4.78, 5) is 24.8. The molecule has 0 saturated heterocycles. The van der Waals surface area contributed by atoms with Crippen LogP contribution < -0.4 is 26.4 Å². The predicted octanol–water partition coefficient (Wildman–Crippen LogP) is 3.41. The van der Waals surface area contributed by atoms with E-state index in [2.05, 4.69) is 16.0 Å². The second-order valence-corrected chi connectivity index (χ2v) is 7.40. The molecular weight excluding hydrogens is 380 g/mol. The summed E-state index contributed by atoms with van der Waals surface area (Å²) in [6.07, 6.45) is 2.11. The Bertz CT molecular complexity index is 779. The first kappa shape index (κ1) is 23.2. The molecule has 162 valence electrons. The van der Waals surface area contributed by atoms with Crippen molar-refractivity contribution in [2.75, 3.05) is 11.9 Å². The summed E-state index contributed by atoms with van der Waals surface area (Å²) < 4.78 is 5.75. The Hall–Kier alpha value is -3.06. The summed E-state index contributed by atoms with van der Waals surface area (Å²) in [6, 6.07) is 16.0. The van der Waals surface area contributed by atoms with Crippen LogP contribution in [0.2, 0.25) is 0 Å². The molecular formula is C23H32N4O3. The monoisotopic (exact) mass is 412 g/mol. The molecule has 0 aliphatic heterocycles. The lowest BCUT2D eigenvalue weighted by atomic mass is 10.1. The lowest BCUT2D eigenvalue weighted by Crippen LogP contribution is -2.49. The molecule has 0 heterocycles. The van der Waals surface area contributed by atoms with Gasteiger partial charge in [-0.15, -0.1) is 0 Å². The zero-order valence-corrected chi connectivity index (χ0v) is 17.7. The Kier molecular flexibility index (Phi) is 9.67. The van der Waals surface area contributed by atoms with Crippen molar-refractivity contribution in [2.45, 2.75) is 51.8 Å². The van der Waals surface area contributed by atoms with Gasteiger partial charge in [0.2, 0.25) is 5.91 Å². The average Bonchev–Trinajstić information content (AvgIpc) is 2.73. The van der Waals surface area contributed by atoms with Crippen molar-refractivity contribution in [1.29, 1.82) is 0 Å². The average molecular weight is 413 g/mol. The molecule has 2 aromatic carbocycles. The third kappa shape index (κ3) is 8.53. The van der Waals surface area contributed by atoms with Crippen LogP contribution in [-0.4, -0.2) is 30.6 Å². The molecule has 7 nitrogen and oxygen atoms in total. The minimum absolute atomic E-state index is 0.00259. The van der Waals surface area contributed by atoms with Crippen LogP contribution in [0.15, 0.2) is 54.6 Å². The smallest absolute Gasteiger partial charge is 0.319 e. The molecule has 3 amide bonds. The highest BCUT2D eigenvalue weighted by Crippen LogP contribution is 2.17. The highest BCUT2D eigenvalue weighted by atomic mass is 16.5. The number of urea groups is 1. The molecule has 5 N–H and O–H groups in total. The van der Waals surface area contributed by atoms with Crippen LogP contribution in [0.5, 0.6) is 5.75 Å². The lowest BCUT2D eigenvalue weighted by Gasteiger charge is -2.20. The van der Waals surface area contributed by atoms with Crippen LogP contribution >= 0.6 is 0 Å². The van der Waals surface area contributed by atoms with Gasteiger partial charge in [0.25, 0.3) is 0 Å². The van der Waals surface area contributed by atoms with E-state index in [1.165, 1.54) is 0 Å². The number of unbranched alkanes of at least 4 members (excludes halogenated alkanes) is 1. The molecule has 0 aromatic heterocycles. The van der Waals surface area contributed by atoms with Crippen LogP contribution in [0.1, 0.15) is 38.7 Å². The number of hydrogen-bond donors (Lipinski definition) is 4. The van der Waals surface area contributed by atoms with Gasteiger partial charge in [-0.2, -0.15) is 0 Å². The fourth-order valence-corrected chi connectivity index (χ4v) is 2.85. The first-order valence-corrected chi connectivity index (χ1v) is 10.3. The van der Waals surface area contributed by atoms with E-state index in [1.54, 1.807) is 24.3 Å². The number of nitrogens with two attached hydrogens (primary N) is 1. The number of carbonyl (C=O) groups is 2. The van der Waals surface area contributed by atoms with Gasteiger partial charge in [0.05, 0.1) is 0 Å². The van der Waals surface area contributed by atoms with Crippen molar-refractivity contribution in [3.8, 4) is 5.75 Å². The zero-order valence-electron chi connectivity index (χ0n) is 17.7. The molecule has 7 heteroatoms. The quantitative estimate of drug-likeness (QED) is 0.424. The molecule has 30 heavy (non-hydrogen) atoms. The molecule has 0 radical (unpaired) electrons. The summed E-state index contributed by atoms with van der Waals surface area (Å²) in [5.41, 5.74) is 7.23. The number of hydrogen-bond acceptors (Lipinski definition) is 4. The second-order valence-electron chi connectivity index (χ2n) is 7.40. The lowest BCUT2D eigenvalue weighted by molar-refractivity contribution is -0.123. The van der Waals surface area contributed by atoms with Gasteiger partial charge in [-0.25, -0.2) is 4.79 Å². The highest BCUT2D eigenvalue weighted by molar-refractivity contribution is 5.93. The first-order valence-electron chi connectivity index (χ1n) is 10.3. The fraction of sp³-hybridized carbons (Fsp3) is 0.391. The number of nitrogens with one attached hydrogen (secondary N) is 3. The maximum absolute atomic E-state index is 12.4. The van der Waals surface area contributed by atoms with Crippen molar-refractivity contribution >= 4 is 17.6 Å². The van der Waals surface area contributed by atoms with Crippen LogP contribution in [0.25, 0.3) is 0 Å². The largest absolute Gasteiger partial charge is 0.489 e. The first-order chi connectivity index (χ1) is 14.5. The summed E-state index contributed by atoms with van der Waals surface area (Å²) in [7, 11) is 0. The molecule has 0 unspecified atom stereocenters. The molecule has 0 aliphatic rings. The fourth-order valence-electron chi connectivity index (χ4n) is 2.85. The Balaban J connectivity index is 1.87. The van der Waals surface area contributed by atoms with E-state index in [-0.39, 0.29) is 11.9 Å². The molecule has 2 rings (SSSR count). The topological polar surface area (TPSA) is 105 Å².